The van der Waals surface area contributed by atoms with Crippen molar-refractivity contribution >= 4 is 5.91 Å². The fraction of sp³-hybridized carbons (Fsp3) is 0.235. The van der Waals surface area contributed by atoms with Crippen molar-refractivity contribution in [3.8, 4) is 11.5 Å². The van der Waals surface area contributed by atoms with Crippen molar-refractivity contribution in [3.63, 3.8) is 0 Å². The van der Waals surface area contributed by atoms with E-state index in [0.29, 0.717) is 23.0 Å². The molecule has 7 nitrogen and oxygen atoms in total. The summed E-state index contributed by atoms with van der Waals surface area (Å²) in [5.74, 6) is 1.05. The van der Waals surface area contributed by atoms with Crippen molar-refractivity contribution < 1.29 is 18.8 Å². The minimum Gasteiger partial charge on any atom is -0.466 e. The van der Waals surface area contributed by atoms with E-state index in [1.54, 1.807) is 50.2 Å². The minimum absolute atomic E-state index is 0.0317. The van der Waals surface area contributed by atoms with Gasteiger partial charge in [0.05, 0.1) is 12.8 Å². The second-order valence-electron chi connectivity index (χ2n) is 5.66. The van der Waals surface area contributed by atoms with Crippen LogP contribution in [0.4, 0.5) is 0 Å². The smallest absolute Gasteiger partial charge is 0.257 e. The van der Waals surface area contributed by atoms with Crippen molar-refractivity contribution in [2.45, 2.75) is 19.4 Å². The van der Waals surface area contributed by atoms with Crippen LogP contribution in [0.3, 0.4) is 0 Å². The van der Waals surface area contributed by atoms with Crippen LogP contribution in [0.25, 0.3) is 11.5 Å². The van der Waals surface area contributed by atoms with Gasteiger partial charge in [0.2, 0.25) is 0 Å². The van der Waals surface area contributed by atoms with Crippen molar-refractivity contribution in [1.29, 1.82) is 0 Å². The summed E-state index contributed by atoms with van der Waals surface area (Å²) in [4.78, 5) is 16.3. The Bertz CT molecular complexity index is 820. The predicted octanol–water partition coefficient (Wildman–Crippen LogP) is 2.28. The standard InChI is InChI=1S/C17H17N3O4/c1-11-19-16(24-20-11)13-7-5-12(6-8-13)15(21)18-10-17(2,22)14-4-3-9-23-14/h3-9,22H,10H2,1-2H3,(H,18,21). The molecule has 2 N–H and O–H groups in total. The number of aliphatic hydroxyl groups is 1. The zero-order valence-corrected chi connectivity index (χ0v) is 13.3. The highest BCUT2D eigenvalue weighted by molar-refractivity contribution is 5.94. The van der Waals surface area contributed by atoms with Gasteiger partial charge in [-0.05, 0) is 50.2 Å². The first kappa shape index (κ1) is 15.9. The molecule has 24 heavy (non-hydrogen) atoms. The van der Waals surface area contributed by atoms with E-state index in [9.17, 15) is 9.90 Å². The van der Waals surface area contributed by atoms with Crippen LogP contribution in [0, 0.1) is 6.92 Å². The number of nitrogens with zero attached hydrogens (tertiary/aromatic N) is 2. The summed E-state index contributed by atoms with van der Waals surface area (Å²) in [6.45, 7) is 3.34. The zero-order chi connectivity index (χ0) is 17.2. The van der Waals surface area contributed by atoms with Gasteiger partial charge in [-0.3, -0.25) is 4.79 Å². The number of nitrogens with one attached hydrogen (secondary N) is 1. The Labute approximate surface area is 138 Å². The average Bonchev–Trinajstić information content (AvgIpc) is 3.25. The van der Waals surface area contributed by atoms with Gasteiger partial charge in [0.1, 0.15) is 11.4 Å². The molecule has 0 aliphatic rings. The number of hydrogen-bond acceptors (Lipinski definition) is 6. The molecule has 124 valence electrons. The van der Waals surface area contributed by atoms with Crippen molar-refractivity contribution in [2.75, 3.05) is 6.54 Å². The van der Waals surface area contributed by atoms with Crippen LogP contribution in [-0.4, -0.2) is 27.7 Å². The molecule has 0 radical (unpaired) electrons. The van der Waals surface area contributed by atoms with E-state index in [1.807, 2.05) is 0 Å². The van der Waals surface area contributed by atoms with Crippen LogP contribution in [0.5, 0.6) is 0 Å². The Kier molecular flexibility index (Phi) is 4.18. The first-order valence-corrected chi connectivity index (χ1v) is 7.41. The fourth-order valence-electron chi connectivity index (χ4n) is 2.21. The van der Waals surface area contributed by atoms with Crippen LogP contribution in [0.1, 0.15) is 28.9 Å². The molecule has 0 aliphatic heterocycles. The number of carbonyl (C=O) groups excluding carboxylic acids is 1. The summed E-state index contributed by atoms with van der Waals surface area (Å²) in [7, 11) is 0. The molecule has 1 unspecified atom stereocenters. The number of benzene rings is 1. The summed E-state index contributed by atoms with van der Waals surface area (Å²) < 4.78 is 10.3. The van der Waals surface area contributed by atoms with E-state index < -0.39 is 5.60 Å². The Morgan fingerprint density at radius 2 is 2.04 bits per heavy atom. The zero-order valence-electron chi connectivity index (χ0n) is 13.3. The van der Waals surface area contributed by atoms with Gasteiger partial charge in [-0.1, -0.05) is 5.16 Å². The van der Waals surface area contributed by atoms with E-state index in [0.717, 1.165) is 5.56 Å². The van der Waals surface area contributed by atoms with Gasteiger partial charge in [-0.15, -0.1) is 0 Å². The number of aromatic nitrogens is 2. The van der Waals surface area contributed by atoms with E-state index in [4.69, 9.17) is 8.94 Å². The third kappa shape index (κ3) is 3.36. The highest BCUT2D eigenvalue weighted by Crippen LogP contribution is 2.20. The molecule has 3 aromatic rings. The molecule has 1 aromatic carbocycles. The number of carbonyl (C=O) groups is 1. The Balaban J connectivity index is 1.65. The fourth-order valence-corrected chi connectivity index (χ4v) is 2.21. The van der Waals surface area contributed by atoms with Crippen molar-refractivity contribution in [2.24, 2.45) is 0 Å². The van der Waals surface area contributed by atoms with E-state index in [1.165, 1.54) is 6.26 Å². The third-order valence-electron chi connectivity index (χ3n) is 3.57. The van der Waals surface area contributed by atoms with E-state index in [-0.39, 0.29) is 12.5 Å². The number of aryl methyl sites for hydroxylation is 1. The van der Waals surface area contributed by atoms with Crippen LogP contribution in [0.15, 0.2) is 51.6 Å². The van der Waals surface area contributed by atoms with Gasteiger partial charge in [0.25, 0.3) is 11.8 Å². The molecule has 7 heteroatoms. The maximum atomic E-state index is 12.2. The maximum Gasteiger partial charge on any atom is 0.257 e. The highest BCUT2D eigenvalue weighted by Gasteiger charge is 2.27. The molecule has 0 fully saturated rings. The van der Waals surface area contributed by atoms with E-state index in [2.05, 4.69) is 15.5 Å². The van der Waals surface area contributed by atoms with Crippen LogP contribution >= 0.6 is 0 Å². The molecule has 2 heterocycles. The summed E-state index contributed by atoms with van der Waals surface area (Å²) in [6.07, 6.45) is 1.48. The Morgan fingerprint density at radius 3 is 2.62 bits per heavy atom. The van der Waals surface area contributed by atoms with Crippen LogP contribution < -0.4 is 5.32 Å². The number of furan rings is 1. The number of amides is 1. The molecule has 0 spiro atoms. The molecule has 0 bridgehead atoms. The monoisotopic (exact) mass is 327 g/mol. The van der Waals surface area contributed by atoms with Gasteiger partial charge in [0.15, 0.2) is 5.82 Å². The molecule has 1 amide bonds. The van der Waals surface area contributed by atoms with Crippen molar-refractivity contribution in [1.82, 2.24) is 15.5 Å². The molecule has 1 atom stereocenters. The molecule has 3 rings (SSSR count). The normalized spacial score (nSPS) is 13.5. The topological polar surface area (TPSA) is 101 Å². The van der Waals surface area contributed by atoms with Gasteiger partial charge in [-0.2, -0.15) is 4.98 Å². The summed E-state index contributed by atoms with van der Waals surface area (Å²) in [5.41, 5.74) is -0.0830. The lowest BCUT2D eigenvalue weighted by atomic mass is 10.0. The van der Waals surface area contributed by atoms with Crippen molar-refractivity contribution in [3.05, 3.63) is 59.8 Å². The highest BCUT2D eigenvalue weighted by atomic mass is 16.5. The third-order valence-corrected chi connectivity index (χ3v) is 3.57. The minimum atomic E-state index is -1.28. The molecule has 0 saturated heterocycles. The first-order chi connectivity index (χ1) is 11.5. The van der Waals surface area contributed by atoms with Gasteiger partial charge < -0.3 is 19.4 Å². The summed E-state index contributed by atoms with van der Waals surface area (Å²) >= 11 is 0. The molecule has 2 aromatic heterocycles. The second kappa shape index (κ2) is 6.29. The quantitative estimate of drug-likeness (QED) is 0.745. The Hall–Kier alpha value is -2.93. The summed E-state index contributed by atoms with van der Waals surface area (Å²) in [6, 6.07) is 10.1. The van der Waals surface area contributed by atoms with Gasteiger partial charge in [0, 0.05) is 11.1 Å². The molecular formula is C17H17N3O4. The number of rotatable bonds is 5. The molecular weight excluding hydrogens is 310 g/mol. The lowest BCUT2D eigenvalue weighted by Crippen LogP contribution is -2.38. The molecule has 0 aliphatic carbocycles. The Morgan fingerprint density at radius 1 is 1.29 bits per heavy atom. The largest absolute Gasteiger partial charge is 0.466 e. The first-order valence-electron chi connectivity index (χ1n) is 7.41. The van der Waals surface area contributed by atoms with Gasteiger partial charge >= 0.3 is 0 Å². The predicted molar refractivity (Wildman–Crippen MR) is 85.1 cm³/mol. The van der Waals surface area contributed by atoms with Gasteiger partial charge in [-0.25, -0.2) is 0 Å². The van der Waals surface area contributed by atoms with E-state index >= 15 is 0 Å². The maximum absolute atomic E-state index is 12.2. The second-order valence-corrected chi connectivity index (χ2v) is 5.66. The van der Waals surface area contributed by atoms with Crippen LogP contribution in [0.2, 0.25) is 0 Å². The molecule has 0 saturated carbocycles. The lowest BCUT2D eigenvalue weighted by molar-refractivity contribution is 0.0330. The SMILES string of the molecule is Cc1noc(-c2ccc(C(=O)NCC(C)(O)c3ccco3)cc2)n1. The number of hydrogen-bond donors (Lipinski definition) is 2. The summed E-state index contributed by atoms with van der Waals surface area (Å²) in [5, 5.41) is 16.7. The lowest BCUT2D eigenvalue weighted by Gasteiger charge is -2.21. The average molecular weight is 327 g/mol. The van der Waals surface area contributed by atoms with Crippen LogP contribution in [-0.2, 0) is 5.60 Å².